The van der Waals surface area contributed by atoms with E-state index in [0.717, 1.165) is 6.07 Å². The predicted octanol–water partition coefficient (Wildman–Crippen LogP) is 0.942. The van der Waals surface area contributed by atoms with Crippen LogP contribution < -0.4 is 5.32 Å². The highest BCUT2D eigenvalue weighted by Gasteiger charge is 2.26. The van der Waals surface area contributed by atoms with Crippen LogP contribution in [0.5, 0.6) is 0 Å². The van der Waals surface area contributed by atoms with Gasteiger partial charge in [-0.2, -0.15) is 0 Å². The highest BCUT2D eigenvalue weighted by atomic mass is 32.2. The molecule has 6 heteroatoms. The van der Waals surface area contributed by atoms with E-state index < -0.39 is 21.6 Å². The van der Waals surface area contributed by atoms with E-state index in [0.29, 0.717) is 0 Å². The molecule has 1 heterocycles. The molecule has 0 saturated carbocycles. The van der Waals surface area contributed by atoms with Gasteiger partial charge in [0, 0.05) is 6.42 Å². The summed E-state index contributed by atoms with van der Waals surface area (Å²) in [5, 5.41) is 2.25. The molecule has 80 valence electrons. The van der Waals surface area contributed by atoms with Gasteiger partial charge in [0.25, 0.3) is 0 Å². The van der Waals surface area contributed by atoms with Gasteiger partial charge in [0.2, 0.25) is 5.91 Å². The molecule has 1 N–H and O–H groups in total. The van der Waals surface area contributed by atoms with Crippen LogP contribution in [-0.4, -0.2) is 20.1 Å². The molecule has 0 aromatic heterocycles. The molecule has 0 unspecified atom stereocenters. The number of amides is 1. The average molecular weight is 229 g/mol. The summed E-state index contributed by atoms with van der Waals surface area (Å²) in [5.41, 5.74) is -0.236. The topological polar surface area (TPSA) is 63.2 Å². The Kier molecular flexibility index (Phi) is 2.22. The summed E-state index contributed by atoms with van der Waals surface area (Å²) in [6, 6.07) is 3.71. The second-order valence-corrected chi connectivity index (χ2v) is 5.31. The highest BCUT2D eigenvalue weighted by Crippen LogP contribution is 2.28. The number of halogens is 1. The number of benzene rings is 1. The van der Waals surface area contributed by atoms with Crippen molar-refractivity contribution in [3.63, 3.8) is 0 Å². The van der Waals surface area contributed by atoms with Gasteiger partial charge in [-0.05, 0) is 12.1 Å². The largest absolute Gasteiger partial charge is 0.322 e. The maximum atomic E-state index is 13.3. The second-order valence-electron chi connectivity index (χ2n) is 3.23. The van der Waals surface area contributed by atoms with Crippen molar-refractivity contribution >= 4 is 21.4 Å². The summed E-state index contributed by atoms with van der Waals surface area (Å²) in [5.74, 6) is -1.50. The Labute approximate surface area is 86.0 Å². The molecule has 1 aliphatic rings. The van der Waals surface area contributed by atoms with Crippen LogP contribution in [0, 0.1) is 5.82 Å². The fourth-order valence-corrected chi connectivity index (χ4v) is 2.84. The number of rotatable bonds is 0. The first-order chi connectivity index (χ1) is 7.00. The minimum Gasteiger partial charge on any atom is -0.322 e. The van der Waals surface area contributed by atoms with Crippen LogP contribution in [-0.2, 0) is 14.6 Å². The molecule has 0 atom stereocenters. The van der Waals surface area contributed by atoms with Gasteiger partial charge in [-0.15, -0.1) is 0 Å². The van der Waals surface area contributed by atoms with Crippen molar-refractivity contribution in [3.8, 4) is 0 Å². The van der Waals surface area contributed by atoms with Gasteiger partial charge in [-0.25, -0.2) is 12.8 Å². The zero-order valence-electron chi connectivity index (χ0n) is 7.66. The van der Waals surface area contributed by atoms with Gasteiger partial charge in [0.15, 0.2) is 9.84 Å². The molecule has 1 aromatic carbocycles. The van der Waals surface area contributed by atoms with Crippen molar-refractivity contribution in [2.45, 2.75) is 11.3 Å². The number of sulfone groups is 1. The first-order valence-corrected chi connectivity index (χ1v) is 5.97. The van der Waals surface area contributed by atoms with Crippen molar-refractivity contribution in [1.82, 2.24) is 0 Å². The zero-order valence-corrected chi connectivity index (χ0v) is 8.47. The van der Waals surface area contributed by atoms with Gasteiger partial charge in [-0.3, -0.25) is 4.79 Å². The fourth-order valence-electron chi connectivity index (χ4n) is 1.42. The molecular formula is C9H8FNO3S. The zero-order chi connectivity index (χ0) is 11.1. The monoisotopic (exact) mass is 229 g/mol. The highest BCUT2D eigenvalue weighted by molar-refractivity contribution is 7.91. The van der Waals surface area contributed by atoms with Crippen LogP contribution in [0.25, 0.3) is 0 Å². The molecule has 0 fully saturated rings. The minimum atomic E-state index is -3.56. The third-order valence-electron chi connectivity index (χ3n) is 2.17. The summed E-state index contributed by atoms with van der Waals surface area (Å²) in [6.45, 7) is 0. The van der Waals surface area contributed by atoms with Crippen LogP contribution in [0.2, 0.25) is 0 Å². The van der Waals surface area contributed by atoms with Crippen molar-refractivity contribution in [3.05, 3.63) is 24.0 Å². The van der Waals surface area contributed by atoms with Crippen LogP contribution >= 0.6 is 0 Å². The molecule has 2 rings (SSSR count). The van der Waals surface area contributed by atoms with E-state index in [2.05, 4.69) is 5.32 Å². The van der Waals surface area contributed by atoms with Gasteiger partial charge in [-0.1, -0.05) is 6.07 Å². The summed E-state index contributed by atoms with van der Waals surface area (Å²) in [4.78, 5) is 11.0. The first-order valence-electron chi connectivity index (χ1n) is 4.32. The maximum Gasteiger partial charge on any atom is 0.225 e. The first kappa shape index (κ1) is 10.1. The van der Waals surface area contributed by atoms with Crippen molar-refractivity contribution in [2.24, 2.45) is 0 Å². The van der Waals surface area contributed by atoms with E-state index in [1.54, 1.807) is 0 Å². The lowest BCUT2D eigenvalue weighted by molar-refractivity contribution is -0.115. The molecule has 0 aliphatic carbocycles. The van der Waals surface area contributed by atoms with E-state index in [9.17, 15) is 17.6 Å². The minimum absolute atomic E-state index is 0.142. The lowest BCUT2D eigenvalue weighted by Gasteiger charge is -2.06. The van der Waals surface area contributed by atoms with E-state index in [-0.39, 0.29) is 22.8 Å². The Morgan fingerprint density at radius 3 is 2.80 bits per heavy atom. The van der Waals surface area contributed by atoms with Crippen LogP contribution in [0.15, 0.2) is 23.1 Å². The van der Waals surface area contributed by atoms with Crippen molar-refractivity contribution in [1.29, 1.82) is 0 Å². The average Bonchev–Trinajstić information content (AvgIpc) is 2.28. The molecule has 0 bridgehead atoms. The number of anilines is 1. The maximum absolute atomic E-state index is 13.3. The molecule has 0 saturated heterocycles. The Morgan fingerprint density at radius 2 is 2.07 bits per heavy atom. The number of carbonyl (C=O) groups excluding carboxylic acids is 1. The summed E-state index contributed by atoms with van der Waals surface area (Å²) >= 11 is 0. The van der Waals surface area contributed by atoms with Crippen LogP contribution in [0.4, 0.5) is 10.1 Å². The molecule has 1 aromatic rings. The number of fused-ring (bicyclic) bond motifs is 1. The van der Waals surface area contributed by atoms with Gasteiger partial charge in [0.1, 0.15) is 5.82 Å². The van der Waals surface area contributed by atoms with Gasteiger partial charge < -0.3 is 5.32 Å². The second kappa shape index (κ2) is 3.30. The van der Waals surface area contributed by atoms with E-state index >= 15 is 0 Å². The Morgan fingerprint density at radius 1 is 1.33 bits per heavy atom. The molecule has 1 amide bonds. The molecule has 4 nitrogen and oxygen atoms in total. The van der Waals surface area contributed by atoms with Gasteiger partial charge in [0.05, 0.1) is 16.3 Å². The third-order valence-corrected chi connectivity index (χ3v) is 3.92. The Hall–Kier alpha value is -1.43. The predicted molar refractivity (Wildman–Crippen MR) is 51.7 cm³/mol. The van der Waals surface area contributed by atoms with E-state index in [1.165, 1.54) is 12.1 Å². The van der Waals surface area contributed by atoms with Crippen molar-refractivity contribution in [2.75, 3.05) is 11.1 Å². The SMILES string of the molecule is O=C1CCS(=O)(=O)c2cccc(F)c2N1. The van der Waals surface area contributed by atoms with Crippen LogP contribution in [0.3, 0.4) is 0 Å². The molecule has 0 spiro atoms. The Balaban J connectivity index is 2.71. The summed E-state index contributed by atoms with van der Waals surface area (Å²) < 4.78 is 36.6. The van der Waals surface area contributed by atoms with Gasteiger partial charge >= 0.3 is 0 Å². The quantitative estimate of drug-likeness (QED) is 0.720. The lowest BCUT2D eigenvalue weighted by atomic mass is 10.3. The van der Waals surface area contributed by atoms with Crippen LogP contribution in [0.1, 0.15) is 6.42 Å². The summed E-state index contributed by atoms with van der Waals surface area (Å²) in [7, 11) is -3.56. The summed E-state index contributed by atoms with van der Waals surface area (Å²) in [6.07, 6.45) is -0.142. The molecule has 0 radical (unpaired) electrons. The molecule has 15 heavy (non-hydrogen) atoms. The number of para-hydroxylation sites is 1. The number of hydrogen-bond donors (Lipinski definition) is 1. The smallest absolute Gasteiger partial charge is 0.225 e. The number of carbonyl (C=O) groups is 1. The molecule has 1 aliphatic heterocycles. The van der Waals surface area contributed by atoms with E-state index in [4.69, 9.17) is 0 Å². The molecular weight excluding hydrogens is 221 g/mol. The van der Waals surface area contributed by atoms with E-state index in [1.807, 2.05) is 0 Å². The normalized spacial score (nSPS) is 18.9. The standard InChI is InChI=1S/C9H8FNO3S/c10-6-2-1-3-7-9(6)11-8(12)4-5-15(7,13)14/h1-3H,4-5H2,(H,11,12). The number of hydrogen-bond acceptors (Lipinski definition) is 3. The lowest BCUT2D eigenvalue weighted by Crippen LogP contribution is -2.11. The fraction of sp³-hybridized carbons (Fsp3) is 0.222. The number of nitrogens with one attached hydrogen (secondary N) is 1. The van der Waals surface area contributed by atoms with Crippen molar-refractivity contribution < 1.29 is 17.6 Å². The Bertz CT molecular complexity index is 524. The third kappa shape index (κ3) is 1.72.